The van der Waals surface area contributed by atoms with Gasteiger partial charge in [-0.2, -0.15) is 8.42 Å². The maximum atomic E-state index is 13.0. The number of amides is 1. The van der Waals surface area contributed by atoms with E-state index in [0.29, 0.717) is 27.9 Å². The molecule has 0 spiro atoms. The third-order valence-electron chi connectivity index (χ3n) is 5.13. The first-order valence-corrected chi connectivity index (χ1v) is 13.5. The highest BCUT2D eigenvalue weighted by Gasteiger charge is 2.32. The average molecular weight is 526 g/mol. The molecule has 1 heterocycles. The lowest BCUT2D eigenvalue weighted by molar-refractivity contribution is -0.122. The fourth-order valence-electron chi connectivity index (χ4n) is 3.38. The third kappa shape index (κ3) is 5.93. The van der Waals surface area contributed by atoms with E-state index in [-0.39, 0.29) is 22.3 Å². The first-order chi connectivity index (χ1) is 16.8. The van der Waals surface area contributed by atoms with Crippen LogP contribution in [0.3, 0.4) is 0 Å². The van der Waals surface area contributed by atoms with Gasteiger partial charge in [0.1, 0.15) is 9.22 Å². The molecule has 3 aromatic carbocycles. The van der Waals surface area contributed by atoms with Crippen molar-refractivity contribution >= 4 is 50.4 Å². The van der Waals surface area contributed by atoms with Crippen LogP contribution in [0.1, 0.15) is 23.6 Å². The van der Waals surface area contributed by atoms with Crippen LogP contribution in [0, 0.1) is 6.92 Å². The molecule has 0 aromatic heterocycles. The van der Waals surface area contributed by atoms with Crippen LogP contribution in [-0.4, -0.2) is 30.2 Å². The minimum absolute atomic E-state index is 0.0525. The molecule has 0 atom stereocenters. The summed E-state index contributed by atoms with van der Waals surface area (Å²) in [6.07, 6.45) is 1.71. The molecule has 0 bridgehead atoms. The first-order valence-electron chi connectivity index (χ1n) is 10.8. The quantitative estimate of drug-likeness (QED) is 0.216. The van der Waals surface area contributed by atoms with Gasteiger partial charge in [0.2, 0.25) is 0 Å². The van der Waals surface area contributed by atoms with E-state index in [2.05, 4.69) is 0 Å². The van der Waals surface area contributed by atoms with Gasteiger partial charge in [0.05, 0.1) is 18.1 Å². The van der Waals surface area contributed by atoms with Crippen LogP contribution in [0.4, 0.5) is 0 Å². The summed E-state index contributed by atoms with van der Waals surface area (Å²) in [7, 11) is -4.04. The van der Waals surface area contributed by atoms with Crippen molar-refractivity contribution in [3.8, 4) is 11.5 Å². The van der Waals surface area contributed by atoms with Gasteiger partial charge in [-0.15, -0.1) is 0 Å². The van der Waals surface area contributed by atoms with Crippen molar-refractivity contribution in [2.45, 2.75) is 25.3 Å². The number of carbonyl (C=O) groups is 1. The Hall–Kier alpha value is -3.14. The van der Waals surface area contributed by atoms with Crippen LogP contribution in [0.15, 0.2) is 82.6 Å². The number of hydrogen-bond acceptors (Lipinski definition) is 7. The number of thioether (sulfide) groups is 1. The van der Waals surface area contributed by atoms with Crippen LogP contribution in [0.5, 0.6) is 11.5 Å². The Morgan fingerprint density at radius 3 is 2.40 bits per heavy atom. The molecule has 0 saturated carbocycles. The summed E-state index contributed by atoms with van der Waals surface area (Å²) in [6.45, 7) is 4.37. The maximum absolute atomic E-state index is 13.0. The van der Waals surface area contributed by atoms with Gasteiger partial charge in [-0.1, -0.05) is 78.1 Å². The SMILES string of the molecule is CCOc1cc(C=C2SC(=S)N(Cc3ccccc3)C2=O)ccc1OS(=O)(=O)c1ccc(C)cc1. The molecule has 3 aromatic rings. The number of benzene rings is 3. The van der Waals surface area contributed by atoms with Crippen LogP contribution in [0.25, 0.3) is 6.08 Å². The zero-order valence-corrected chi connectivity index (χ0v) is 21.6. The van der Waals surface area contributed by atoms with Gasteiger partial charge in [0, 0.05) is 0 Å². The van der Waals surface area contributed by atoms with Gasteiger partial charge in [-0.05, 0) is 55.3 Å². The third-order valence-corrected chi connectivity index (χ3v) is 7.76. The molecule has 1 saturated heterocycles. The van der Waals surface area contributed by atoms with Gasteiger partial charge in [0.25, 0.3) is 5.91 Å². The second kappa shape index (κ2) is 10.6. The molecular weight excluding hydrogens is 502 g/mol. The predicted octanol–water partition coefficient (Wildman–Crippen LogP) is 5.56. The number of ether oxygens (including phenoxy) is 1. The van der Waals surface area contributed by atoms with Gasteiger partial charge < -0.3 is 8.92 Å². The van der Waals surface area contributed by atoms with Crippen molar-refractivity contribution < 1.29 is 22.1 Å². The van der Waals surface area contributed by atoms with E-state index in [1.165, 1.54) is 30.0 Å². The van der Waals surface area contributed by atoms with Crippen LogP contribution in [0.2, 0.25) is 0 Å². The van der Waals surface area contributed by atoms with E-state index >= 15 is 0 Å². The van der Waals surface area contributed by atoms with E-state index in [9.17, 15) is 13.2 Å². The molecular formula is C26H23NO5S3. The molecule has 6 nitrogen and oxygen atoms in total. The molecule has 35 heavy (non-hydrogen) atoms. The number of aryl methyl sites for hydroxylation is 1. The van der Waals surface area contributed by atoms with E-state index in [4.69, 9.17) is 21.1 Å². The largest absolute Gasteiger partial charge is 0.490 e. The normalized spacial score (nSPS) is 15.0. The summed E-state index contributed by atoms with van der Waals surface area (Å²) in [6, 6.07) is 20.9. The molecule has 0 aliphatic carbocycles. The van der Waals surface area contributed by atoms with E-state index in [0.717, 1.165) is 11.1 Å². The topological polar surface area (TPSA) is 72.9 Å². The zero-order valence-electron chi connectivity index (χ0n) is 19.1. The lowest BCUT2D eigenvalue weighted by atomic mass is 10.1. The number of carbonyl (C=O) groups excluding carboxylic acids is 1. The van der Waals surface area contributed by atoms with Crippen molar-refractivity contribution in [1.82, 2.24) is 4.90 Å². The first kappa shape index (κ1) is 25.0. The number of hydrogen-bond donors (Lipinski definition) is 0. The van der Waals surface area contributed by atoms with Crippen molar-refractivity contribution in [3.63, 3.8) is 0 Å². The Bertz CT molecular complexity index is 1380. The minimum atomic E-state index is -4.04. The lowest BCUT2D eigenvalue weighted by Gasteiger charge is -2.14. The standard InChI is InChI=1S/C26H23NO5S3/c1-3-31-23-15-20(11-14-22(23)32-35(29,30)21-12-9-18(2)10-13-21)16-24-25(28)27(26(33)34-24)17-19-7-5-4-6-8-19/h4-16H,3,17H2,1-2H3. The minimum Gasteiger partial charge on any atom is -0.490 e. The number of rotatable bonds is 8. The molecule has 180 valence electrons. The molecule has 0 radical (unpaired) electrons. The van der Waals surface area contributed by atoms with E-state index in [1.54, 1.807) is 42.2 Å². The summed E-state index contributed by atoms with van der Waals surface area (Å²) >= 11 is 6.66. The van der Waals surface area contributed by atoms with Crippen molar-refractivity contribution in [3.05, 3.63) is 94.4 Å². The zero-order chi connectivity index (χ0) is 25.0. The van der Waals surface area contributed by atoms with E-state index in [1.807, 2.05) is 37.3 Å². The highest BCUT2D eigenvalue weighted by molar-refractivity contribution is 8.26. The average Bonchev–Trinajstić information content (AvgIpc) is 3.09. The number of nitrogens with zero attached hydrogens (tertiary/aromatic N) is 1. The molecule has 0 unspecified atom stereocenters. The fraction of sp³-hybridized carbons (Fsp3) is 0.154. The Labute approximate surface area is 214 Å². The summed E-state index contributed by atoms with van der Waals surface area (Å²) in [5.74, 6) is 0.155. The summed E-state index contributed by atoms with van der Waals surface area (Å²) in [5.41, 5.74) is 2.59. The van der Waals surface area contributed by atoms with Crippen LogP contribution in [-0.2, 0) is 21.5 Å². The maximum Gasteiger partial charge on any atom is 0.339 e. The van der Waals surface area contributed by atoms with E-state index < -0.39 is 10.1 Å². The van der Waals surface area contributed by atoms with Crippen molar-refractivity contribution in [2.24, 2.45) is 0 Å². The molecule has 1 fully saturated rings. The van der Waals surface area contributed by atoms with Gasteiger partial charge in [-0.25, -0.2) is 0 Å². The Morgan fingerprint density at radius 2 is 1.71 bits per heavy atom. The second-order valence-corrected chi connectivity index (χ2v) is 11.0. The second-order valence-electron chi connectivity index (χ2n) is 7.74. The molecule has 1 aliphatic heterocycles. The molecule has 4 rings (SSSR count). The predicted molar refractivity (Wildman–Crippen MR) is 142 cm³/mol. The molecule has 1 amide bonds. The lowest BCUT2D eigenvalue weighted by Crippen LogP contribution is -2.27. The van der Waals surface area contributed by atoms with Crippen LogP contribution >= 0.6 is 24.0 Å². The van der Waals surface area contributed by atoms with Crippen molar-refractivity contribution in [2.75, 3.05) is 6.61 Å². The summed E-state index contributed by atoms with van der Waals surface area (Å²) in [5, 5.41) is 0. The Balaban J connectivity index is 1.57. The summed E-state index contributed by atoms with van der Waals surface area (Å²) in [4.78, 5) is 15.1. The summed E-state index contributed by atoms with van der Waals surface area (Å²) < 4.78 is 37.0. The highest BCUT2D eigenvalue weighted by Crippen LogP contribution is 2.36. The smallest absolute Gasteiger partial charge is 0.339 e. The fourth-order valence-corrected chi connectivity index (χ4v) is 5.57. The van der Waals surface area contributed by atoms with Gasteiger partial charge in [0.15, 0.2) is 11.5 Å². The van der Waals surface area contributed by atoms with Crippen LogP contribution < -0.4 is 8.92 Å². The molecule has 1 aliphatic rings. The molecule has 9 heteroatoms. The van der Waals surface area contributed by atoms with Crippen molar-refractivity contribution in [1.29, 1.82) is 0 Å². The van der Waals surface area contributed by atoms with Gasteiger partial charge in [-0.3, -0.25) is 9.69 Å². The number of thiocarbonyl (C=S) groups is 1. The Morgan fingerprint density at radius 1 is 1.00 bits per heavy atom. The highest BCUT2D eigenvalue weighted by atomic mass is 32.2. The Kier molecular flexibility index (Phi) is 7.59. The molecule has 0 N–H and O–H groups in total. The monoisotopic (exact) mass is 525 g/mol. The van der Waals surface area contributed by atoms with Gasteiger partial charge >= 0.3 is 10.1 Å².